The Kier molecular flexibility index (Phi) is 4.76. The van der Waals surface area contributed by atoms with Gasteiger partial charge in [-0.1, -0.05) is 41.6 Å². The molecule has 0 spiro atoms. The molecule has 2 heterocycles. The molecule has 8 heteroatoms. The molecule has 4 rings (SSSR count). The zero-order chi connectivity index (χ0) is 19.9. The van der Waals surface area contributed by atoms with Crippen LogP contribution in [0, 0.1) is 13.8 Å². The summed E-state index contributed by atoms with van der Waals surface area (Å²) in [7, 11) is -3.77. The molecule has 6 nitrogen and oxygen atoms in total. The molecule has 0 saturated carbocycles. The third-order valence-electron chi connectivity index (χ3n) is 4.66. The number of benzene rings is 2. The maximum atomic E-state index is 12.6. The van der Waals surface area contributed by atoms with Crippen molar-refractivity contribution in [1.82, 2.24) is 13.9 Å². The molecule has 0 aliphatic carbocycles. The minimum absolute atomic E-state index is 0.0850. The fraction of sp³-hybridized carbons (Fsp3) is 0.200. The second-order valence-corrected chi connectivity index (χ2v) is 9.49. The van der Waals surface area contributed by atoms with Crippen molar-refractivity contribution in [1.29, 1.82) is 0 Å². The van der Waals surface area contributed by atoms with Crippen molar-refractivity contribution in [3.8, 4) is 5.69 Å². The van der Waals surface area contributed by atoms with Crippen LogP contribution in [0.25, 0.3) is 5.69 Å². The minimum atomic E-state index is -3.77. The van der Waals surface area contributed by atoms with Crippen molar-refractivity contribution in [2.24, 2.45) is 0 Å². The van der Waals surface area contributed by atoms with E-state index in [0.29, 0.717) is 5.75 Å². The van der Waals surface area contributed by atoms with E-state index in [1.807, 2.05) is 36.7 Å². The van der Waals surface area contributed by atoms with Gasteiger partial charge in [-0.25, -0.2) is 17.7 Å². The highest BCUT2D eigenvalue weighted by Crippen LogP contribution is 2.31. The highest BCUT2D eigenvalue weighted by Gasteiger charge is 2.40. The number of nitrogens with zero attached hydrogens (tertiary/aromatic N) is 3. The molecule has 1 aromatic heterocycles. The zero-order valence-electron chi connectivity index (χ0n) is 15.5. The highest BCUT2D eigenvalue weighted by molar-refractivity contribution is 7.99. The summed E-state index contributed by atoms with van der Waals surface area (Å²) in [6.45, 7) is 4.19. The van der Waals surface area contributed by atoms with Gasteiger partial charge in [0, 0.05) is 24.7 Å². The zero-order valence-corrected chi connectivity index (χ0v) is 17.1. The van der Waals surface area contributed by atoms with Gasteiger partial charge in [-0.15, -0.1) is 0 Å². The molecule has 0 bridgehead atoms. The topological polar surface area (TPSA) is 72.3 Å². The number of thioether (sulfide) groups is 1. The Balaban J connectivity index is 1.51. The van der Waals surface area contributed by atoms with Crippen LogP contribution in [0.5, 0.6) is 0 Å². The first kappa shape index (κ1) is 18.8. The van der Waals surface area contributed by atoms with Crippen LogP contribution in [0.1, 0.15) is 21.5 Å². The molecule has 0 saturated heterocycles. The van der Waals surface area contributed by atoms with Crippen molar-refractivity contribution in [2.75, 3.05) is 12.3 Å². The fourth-order valence-electron chi connectivity index (χ4n) is 3.33. The normalized spacial score (nSPS) is 15.1. The Labute approximate surface area is 168 Å². The van der Waals surface area contributed by atoms with E-state index in [1.54, 1.807) is 24.4 Å². The SMILES string of the molecule is Cc1ccc(-n2ccnc2SCCN2C(=O)c3ccccc3S2(=O)=O)c(C)c1. The lowest BCUT2D eigenvalue weighted by Crippen LogP contribution is -2.32. The highest BCUT2D eigenvalue weighted by atomic mass is 32.2. The Bertz CT molecular complexity index is 1170. The summed E-state index contributed by atoms with van der Waals surface area (Å²) in [6.07, 6.45) is 3.60. The molecule has 28 heavy (non-hydrogen) atoms. The number of rotatable bonds is 5. The molecule has 0 atom stereocenters. The van der Waals surface area contributed by atoms with Gasteiger partial charge in [0.15, 0.2) is 5.16 Å². The molecule has 0 unspecified atom stereocenters. The lowest BCUT2D eigenvalue weighted by Gasteiger charge is -2.15. The Morgan fingerprint density at radius 1 is 1.11 bits per heavy atom. The number of hydrogen-bond donors (Lipinski definition) is 0. The van der Waals surface area contributed by atoms with Gasteiger partial charge >= 0.3 is 0 Å². The van der Waals surface area contributed by atoms with Gasteiger partial charge in [0.2, 0.25) is 0 Å². The van der Waals surface area contributed by atoms with Crippen LogP contribution in [0.2, 0.25) is 0 Å². The van der Waals surface area contributed by atoms with Gasteiger partial charge in [-0.05, 0) is 37.6 Å². The van der Waals surface area contributed by atoms with E-state index < -0.39 is 15.9 Å². The number of amides is 1. The fourth-order valence-corrected chi connectivity index (χ4v) is 5.90. The van der Waals surface area contributed by atoms with Crippen molar-refractivity contribution in [2.45, 2.75) is 23.9 Å². The molecule has 0 fully saturated rings. The van der Waals surface area contributed by atoms with Gasteiger partial charge in [0.05, 0.1) is 11.3 Å². The summed E-state index contributed by atoms with van der Waals surface area (Å²) in [4.78, 5) is 17.0. The second-order valence-electron chi connectivity index (χ2n) is 6.60. The summed E-state index contributed by atoms with van der Waals surface area (Å²) >= 11 is 1.42. The Morgan fingerprint density at radius 3 is 2.64 bits per heavy atom. The van der Waals surface area contributed by atoms with Gasteiger partial charge in [0.1, 0.15) is 4.90 Å². The first-order valence-electron chi connectivity index (χ1n) is 8.79. The van der Waals surface area contributed by atoms with Gasteiger partial charge < -0.3 is 0 Å². The predicted molar refractivity (Wildman–Crippen MR) is 108 cm³/mol. The number of fused-ring (bicyclic) bond motifs is 1. The first-order chi connectivity index (χ1) is 13.4. The molecule has 1 aliphatic heterocycles. The number of aryl methyl sites for hydroxylation is 2. The smallest absolute Gasteiger partial charge is 0.269 e. The quantitative estimate of drug-likeness (QED) is 0.599. The lowest BCUT2D eigenvalue weighted by molar-refractivity contribution is 0.0876. The van der Waals surface area contributed by atoms with Crippen molar-refractivity contribution in [3.05, 3.63) is 71.5 Å². The van der Waals surface area contributed by atoms with Crippen molar-refractivity contribution < 1.29 is 13.2 Å². The number of aromatic nitrogens is 2. The minimum Gasteiger partial charge on any atom is -0.295 e. The maximum Gasteiger partial charge on any atom is 0.269 e. The van der Waals surface area contributed by atoms with Crippen molar-refractivity contribution >= 4 is 27.7 Å². The number of carbonyl (C=O) groups is 1. The van der Waals surface area contributed by atoms with Gasteiger partial charge in [-0.3, -0.25) is 9.36 Å². The predicted octanol–water partition coefficient (Wildman–Crippen LogP) is 3.43. The molecule has 3 aromatic rings. The molecule has 1 amide bonds. The van der Waals surface area contributed by atoms with E-state index in [-0.39, 0.29) is 17.0 Å². The van der Waals surface area contributed by atoms with Crippen LogP contribution < -0.4 is 0 Å². The first-order valence-corrected chi connectivity index (χ1v) is 11.2. The van der Waals surface area contributed by atoms with E-state index >= 15 is 0 Å². The number of carbonyl (C=O) groups excluding carboxylic acids is 1. The molecule has 0 N–H and O–H groups in total. The van der Waals surface area contributed by atoms with Crippen LogP contribution in [0.3, 0.4) is 0 Å². The van der Waals surface area contributed by atoms with Gasteiger partial charge in [-0.2, -0.15) is 0 Å². The van der Waals surface area contributed by atoms with E-state index in [2.05, 4.69) is 11.1 Å². The number of sulfonamides is 1. The largest absolute Gasteiger partial charge is 0.295 e. The van der Waals surface area contributed by atoms with Crippen LogP contribution in [-0.2, 0) is 10.0 Å². The third-order valence-corrected chi connectivity index (χ3v) is 7.44. The van der Waals surface area contributed by atoms with Crippen LogP contribution in [0.4, 0.5) is 0 Å². The molecule has 1 aliphatic rings. The van der Waals surface area contributed by atoms with Crippen LogP contribution in [0.15, 0.2) is 64.9 Å². The van der Waals surface area contributed by atoms with Crippen LogP contribution in [-0.4, -0.2) is 40.5 Å². The average molecular weight is 414 g/mol. The van der Waals surface area contributed by atoms with E-state index in [0.717, 1.165) is 20.7 Å². The Morgan fingerprint density at radius 2 is 1.89 bits per heavy atom. The second kappa shape index (κ2) is 7.10. The van der Waals surface area contributed by atoms with E-state index in [9.17, 15) is 13.2 Å². The Hall–Kier alpha value is -2.58. The lowest BCUT2D eigenvalue weighted by atomic mass is 10.1. The monoisotopic (exact) mass is 413 g/mol. The summed E-state index contributed by atoms with van der Waals surface area (Å²) in [6, 6.07) is 12.5. The summed E-state index contributed by atoms with van der Waals surface area (Å²) < 4.78 is 28.2. The van der Waals surface area contributed by atoms with Crippen LogP contribution >= 0.6 is 11.8 Å². The maximum absolute atomic E-state index is 12.6. The summed E-state index contributed by atoms with van der Waals surface area (Å²) in [5, 5.41) is 0.758. The van der Waals surface area contributed by atoms with E-state index in [4.69, 9.17) is 0 Å². The molecular weight excluding hydrogens is 394 g/mol. The average Bonchev–Trinajstić information content (AvgIpc) is 3.19. The third kappa shape index (κ3) is 3.12. The van der Waals surface area contributed by atoms with Crippen molar-refractivity contribution in [3.63, 3.8) is 0 Å². The molecule has 144 valence electrons. The number of imidazole rings is 1. The molecule has 0 radical (unpaired) electrons. The number of hydrogen-bond acceptors (Lipinski definition) is 5. The summed E-state index contributed by atoms with van der Waals surface area (Å²) in [5.41, 5.74) is 3.59. The summed E-state index contributed by atoms with van der Waals surface area (Å²) in [5.74, 6) is -0.0464. The van der Waals surface area contributed by atoms with Gasteiger partial charge in [0.25, 0.3) is 15.9 Å². The molecular formula is C20H19N3O3S2. The van der Waals surface area contributed by atoms with E-state index in [1.165, 1.54) is 23.4 Å². The standard InChI is InChI=1S/C20H19N3O3S2/c1-14-7-8-17(15(2)13-14)22-10-9-21-20(22)27-12-11-23-19(24)16-5-3-4-6-18(16)28(23,25)26/h3-10,13H,11-12H2,1-2H3. The molecule has 2 aromatic carbocycles.